The van der Waals surface area contributed by atoms with E-state index in [-0.39, 0.29) is 6.10 Å². The molecule has 0 aromatic rings. The first-order valence-electron chi connectivity index (χ1n) is 15.8. The van der Waals surface area contributed by atoms with Gasteiger partial charge in [-0.25, -0.2) is 0 Å². The second-order valence-electron chi connectivity index (χ2n) is 10.7. The smallest absolute Gasteiger partial charge is 0.0598 e. The molecule has 0 aliphatic heterocycles. The summed E-state index contributed by atoms with van der Waals surface area (Å²) >= 11 is 0. The summed E-state index contributed by atoms with van der Waals surface area (Å²) < 4.78 is 11.7. The van der Waals surface area contributed by atoms with Crippen LogP contribution in [0.5, 0.6) is 0 Å². The van der Waals surface area contributed by atoms with E-state index in [1.165, 1.54) is 154 Å². The predicted molar refractivity (Wildman–Crippen MR) is 153 cm³/mol. The highest BCUT2D eigenvalue weighted by Gasteiger charge is 2.02. The molecule has 0 heterocycles. The highest BCUT2D eigenvalue weighted by atomic mass is 16.5. The SMILES string of the molecule is [CH2]C(CCOCCCCCCCCCCCCCC)OCCCCCCCCCCCCCC. The van der Waals surface area contributed by atoms with Crippen molar-refractivity contribution in [2.75, 3.05) is 19.8 Å². The second kappa shape index (κ2) is 31.0. The first-order chi connectivity index (χ1) is 16.8. The van der Waals surface area contributed by atoms with E-state index >= 15 is 0 Å². The minimum absolute atomic E-state index is 0.0923. The summed E-state index contributed by atoms with van der Waals surface area (Å²) in [6.45, 7) is 11.3. The van der Waals surface area contributed by atoms with Crippen molar-refractivity contribution in [2.24, 2.45) is 0 Å². The summed E-state index contributed by atoms with van der Waals surface area (Å²) in [5.74, 6) is 0. The third-order valence-electron chi connectivity index (χ3n) is 7.08. The molecule has 0 aromatic carbocycles. The molecule has 0 aromatic heterocycles. The van der Waals surface area contributed by atoms with Crippen LogP contribution in [0.2, 0.25) is 0 Å². The zero-order chi connectivity index (χ0) is 24.8. The van der Waals surface area contributed by atoms with Crippen molar-refractivity contribution in [2.45, 2.75) is 180 Å². The molecule has 0 saturated carbocycles. The van der Waals surface area contributed by atoms with Gasteiger partial charge in [0.2, 0.25) is 0 Å². The molecule has 205 valence electrons. The Bertz CT molecular complexity index is 344. The van der Waals surface area contributed by atoms with Gasteiger partial charge in [-0.15, -0.1) is 0 Å². The number of ether oxygens (including phenoxy) is 2. The van der Waals surface area contributed by atoms with Crippen molar-refractivity contribution >= 4 is 0 Å². The molecule has 0 saturated heterocycles. The molecule has 1 radical (unpaired) electrons. The van der Waals surface area contributed by atoms with E-state index in [1.807, 2.05) is 0 Å². The van der Waals surface area contributed by atoms with Crippen LogP contribution in [0.4, 0.5) is 0 Å². The Morgan fingerprint density at radius 2 is 0.735 bits per heavy atom. The van der Waals surface area contributed by atoms with Crippen LogP contribution in [0.3, 0.4) is 0 Å². The first kappa shape index (κ1) is 33.9. The van der Waals surface area contributed by atoms with E-state index in [0.29, 0.717) is 0 Å². The van der Waals surface area contributed by atoms with Crippen molar-refractivity contribution < 1.29 is 9.47 Å². The van der Waals surface area contributed by atoms with Crippen molar-refractivity contribution in [3.8, 4) is 0 Å². The maximum Gasteiger partial charge on any atom is 0.0598 e. The Kier molecular flexibility index (Phi) is 30.9. The molecule has 0 amide bonds. The Morgan fingerprint density at radius 3 is 1.12 bits per heavy atom. The normalized spacial score (nSPS) is 12.4. The van der Waals surface area contributed by atoms with Gasteiger partial charge in [0, 0.05) is 19.8 Å². The van der Waals surface area contributed by atoms with Crippen molar-refractivity contribution in [3.05, 3.63) is 6.92 Å². The summed E-state index contributed by atoms with van der Waals surface area (Å²) in [7, 11) is 0. The lowest BCUT2D eigenvalue weighted by molar-refractivity contribution is 0.0424. The van der Waals surface area contributed by atoms with Gasteiger partial charge in [-0.3, -0.25) is 0 Å². The Hall–Kier alpha value is -0.0800. The van der Waals surface area contributed by atoms with E-state index < -0.39 is 0 Å². The molecule has 1 atom stereocenters. The van der Waals surface area contributed by atoms with Gasteiger partial charge in [0.1, 0.15) is 0 Å². The minimum atomic E-state index is 0.0923. The van der Waals surface area contributed by atoms with E-state index in [2.05, 4.69) is 20.8 Å². The van der Waals surface area contributed by atoms with Crippen molar-refractivity contribution in [3.63, 3.8) is 0 Å². The standard InChI is InChI=1S/C32H65O2/c1-4-6-8-10-12-14-16-18-20-22-24-26-29-33-31-28-32(3)34-30-27-25-23-21-19-17-15-13-11-9-7-5-2/h32H,3-31H2,1-2H3. The topological polar surface area (TPSA) is 18.5 Å². The molecule has 2 nitrogen and oxygen atoms in total. The van der Waals surface area contributed by atoms with Crippen LogP contribution in [-0.2, 0) is 9.47 Å². The van der Waals surface area contributed by atoms with E-state index in [1.54, 1.807) is 0 Å². The van der Waals surface area contributed by atoms with Crippen LogP contribution in [0.15, 0.2) is 0 Å². The predicted octanol–water partition coefficient (Wildman–Crippen LogP) is 11.0. The first-order valence-corrected chi connectivity index (χ1v) is 15.8. The molecular weight excluding hydrogens is 416 g/mol. The van der Waals surface area contributed by atoms with Crippen LogP contribution in [0.25, 0.3) is 0 Å². The number of hydrogen-bond donors (Lipinski definition) is 0. The van der Waals surface area contributed by atoms with Gasteiger partial charge in [-0.2, -0.15) is 0 Å². The van der Waals surface area contributed by atoms with E-state index in [0.717, 1.165) is 26.2 Å². The number of unbranched alkanes of at least 4 members (excludes halogenated alkanes) is 22. The van der Waals surface area contributed by atoms with Gasteiger partial charge in [-0.1, -0.05) is 155 Å². The molecular formula is C32H65O2. The average Bonchev–Trinajstić information content (AvgIpc) is 2.84. The van der Waals surface area contributed by atoms with Crippen LogP contribution >= 0.6 is 0 Å². The van der Waals surface area contributed by atoms with E-state index in [9.17, 15) is 0 Å². The maximum absolute atomic E-state index is 5.86. The highest BCUT2D eigenvalue weighted by molar-refractivity contribution is 4.59. The summed E-state index contributed by atoms with van der Waals surface area (Å²) in [5.41, 5.74) is 0. The van der Waals surface area contributed by atoms with Gasteiger partial charge in [-0.05, 0) is 26.2 Å². The second-order valence-corrected chi connectivity index (χ2v) is 10.7. The fourth-order valence-electron chi connectivity index (χ4n) is 4.64. The summed E-state index contributed by atoms with van der Waals surface area (Å²) in [5, 5.41) is 0. The summed E-state index contributed by atoms with van der Waals surface area (Å²) in [4.78, 5) is 0. The molecule has 0 bridgehead atoms. The largest absolute Gasteiger partial charge is 0.381 e. The van der Waals surface area contributed by atoms with Crippen molar-refractivity contribution in [1.82, 2.24) is 0 Å². The van der Waals surface area contributed by atoms with Gasteiger partial charge < -0.3 is 9.47 Å². The average molecular weight is 482 g/mol. The molecule has 0 fully saturated rings. The molecule has 34 heavy (non-hydrogen) atoms. The quantitative estimate of drug-likeness (QED) is 0.0949. The molecule has 0 N–H and O–H groups in total. The number of rotatable bonds is 30. The molecule has 0 rings (SSSR count). The van der Waals surface area contributed by atoms with Gasteiger partial charge in [0.05, 0.1) is 6.10 Å². The van der Waals surface area contributed by atoms with Crippen LogP contribution in [0.1, 0.15) is 174 Å². The minimum Gasteiger partial charge on any atom is -0.381 e. The van der Waals surface area contributed by atoms with Gasteiger partial charge in [0.25, 0.3) is 0 Å². The zero-order valence-corrected chi connectivity index (χ0v) is 23.9. The third-order valence-corrected chi connectivity index (χ3v) is 7.08. The number of hydrogen-bond acceptors (Lipinski definition) is 2. The lowest BCUT2D eigenvalue weighted by atomic mass is 10.1. The zero-order valence-electron chi connectivity index (χ0n) is 23.9. The molecule has 1 unspecified atom stereocenters. The van der Waals surface area contributed by atoms with Crippen LogP contribution < -0.4 is 0 Å². The fourth-order valence-corrected chi connectivity index (χ4v) is 4.64. The fraction of sp³-hybridized carbons (Fsp3) is 0.969. The molecule has 0 aliphatic rings. The molecule has 2 heteroatoms. The lowest BCUT2D eigenvalue weighted by Crippen LogP contribution is -2.13. The van der Waals surface area contributed by atoms with E-state index in [4.69, 9.17) is 9.47 Å². The van der Waals surface area contributed by atoms with Crippen LogP contribution in [0, 0.1) is 6.92 Å². The van der Waals surface area contributed by atoms with Gasteiger partial charge in [0.15, 0.2) is 0 Å². The molecule has 0 spiro atoms. The Morgan fingerprint density at radius 1 is 0.412 bits per heavy atom. The summed E-state index contributed by atoms with van der Waals surface area (Å²) in [6.07, 6.45) is 34.4. The van der Waals surface area contributed by atoms with Gasteiger partial charge >= 0.3 is 0 Å². The lowest BCUT2D eigenvalue weighted by Gasteiger charge is -2.13. The maximum atomic E-state index is 5.86. The monoisotopic (exact) mass is 481 g/mol. The van der Waals surface area contributed by atoms with Crippen molar-refractivity contribution in [1.29, 1.82) is 0 Å². The Balaban J connectivity index is 3.13. The molecule has 0 aliphatic carbocycles. The Labute approximate surface area is 216 Å². The highest BCUT2D eigenvalue weighted by Crippen LogP contribution is 2.13. The third kappa shape index (κ3) is 30.0. The summed E-state index contributed by atoms with van der Waals surface area (Å²) in [6, 6.07) is 0. The van der Waals surface area contributed by atoms with Crippen LogP contribution in [-0.4, -0.2) is 25.9 Å².